The zero-order valence-corrected chi connectivity index (χ0v) is 16.1. The Morgan fingerprint density at radius 3 is 2.21 bits per heavy atom. The summed E-state index contributed by atoms with van der Waals surface area (Å²) in [6.07, 6.45) is 7.06. The van der Waals surface area contributed by atoms with Gasteiger partial charge in [0.05, 0.1) is 18.7 Å². The second-order valence-electron chi connectivity index (χ2n) is 7.49. The minimum Gasteiger partial charge on any atom is -0.459 e. The largest absolute Gasteiger partial charge is 0.459 e. The molecule has 148 valence electrons. The first kappa shape index (κ1) is 18.5. The Hall–Kier alpha value is -2.90. The van der Waals surface area contributed by atoms with Gasteiger partial charge >= 0.3 is 0 Å². The van der Waals surface area contributed by atoms with Gasteiger partial charge in [-0.05, 0) is 30.9 Å². The fraction of sp³-hybridized carbons (Fsp3) is 0.500. The number of piperidine rings is 1. The van der Waals surface area contributed by atoms with Crippen molar-refractivity contribution in [2.75, 3.05) is 44.2 Å². The molecule has 0 radical (unpaired) electrons. The van der Waals surface area contributed by atoms with Crippen LogP contribution in [0.3, 0.4) is 0 Å². The summed E-state index contributed by atoms with van der Waals surface area (Å²) in [7, 11) is 0. The summed E-state index contributed by atoms with van der Waals surface area (Å²) >= 11 is 0. The summed E-state index contributed by atoms with van der Waals surface area (Å²) < 4.78 is 5.17. The Morgan fingerprint density at radius 1 is 0.964 bits per heavy atom. The smallest absolute Gasteiger partial charge is 0.289 e. The molecule has 0 unspecified atom stereocenters. The van der Waals surface area contributed by atoms with Crippen LogP contribution in [-0.2, 0) is 0 Å². The number of carbonyl (C=O) groups excluding carboxylic acids is 2. The van der Waals surface area contributed by atoms with E-state index >= 15 is 0 Å². The third-order valence-electron chi connectivity index (χ3n) is 5.55. The average molecular weight is 383 g/mol. The van der Waals surface area contributed by atoms with Crippen molar-refractivity contribution < 1.29 is 14.0 Å². The highest BCUT2D eigenvalue weighted by atomic mass is 16.3. The normalized spacial score (nSPS) is 18.4. The zero-order chi connectivity index (χ0) is 19.5. The van der Waals surface area contributed by atoms with E-state index in [-0.39, 0.29) is 11.8 Å². The number of anilines is 1. The maximum atomic E-state index is 12.7. The van der Waals surface area contributed by atoms with E-state index in [0.29, 0.717) is 37.6 Å². The van der Waals surface area contributed by atoms with Gasteiger partial charge in [-0.2, -0.15) is 0 Å². The third kappa shape index (κ3) is 3.85. The first-order valence-electron chi connectivity index (χ1n) is 9.81. The van der Waals surface area contributed by atoms with Crippen molar-refractivity contribution in [2.45, 2.75) is 19.8 Å². The van der Waals surface area contributed by atoms with E-state index in [9.17, 15) is 9.59 Å². The molecule has 0 bridgehead atoms. The minimum atomic E-state index is -0.142. The van der Waals surface area contributed by atoms with Crippen LogP contribution in [-0.4, -0.2) is 70.9 Å². The molecule has 0 aliphatic carbocycles. The zero-order valence-electron chi connectivity index (χ0n) is 16.1. The van der Waals surface area contributed by atoms with Gasteiger partial charge in [0.1, 0.15) is 11.5 Å². The van der Waals surface area contributed by atoms with E-state index in [1.807, 2.05) is 0 Å². The van der Waals surface area contributed by atoms with Gasteiger partial charge in [-0.3, -0.25) is 9.59 Å². The van der Waals surface area contributed by atoms with Crippen LogP contribution in [0.4, 0.5) is 5.82 Å². The van der Waals surface area contributed by atoms with Crippen LogP contribution in [0.15, 0.2) is 35.2 Å². The SMILES string of the molecule is CC1CCN(c2cnc(C(=O)N3CCN(C(=O)c4ccco4)CC3)cn2)CC1. The van der Waals surface area contributed by atoms with Crippen molar-refractivity contribution in [3.63, 3.8) is 0 Å². The highest BCUT2D eigenvalue weighted by Gasteiger charge is 2.27. The molecule has 2 aliphatic rings. The van der Waals surface area contributed by atoms with E-state index in [4.69, 9.17) is 4.42 Å². The van der Waals surface area contributed by atoms with Gasteiger partial charge < -0.3 is 19.1 Å². The number of piperazine rings is 1. The Labute approximate surface area is 164 Å². The molecule has 2 aromatic rings. The van der Waals surface area contributed by atoms with Crippen LogP contribution in [0.2, 0.25) is 0 Å². The molecule has 4 heterocycles. The Kier molecular flexibility index (Phi) is 5.27. The van der Waals surface area contributed by atoms with Crippen LogP contribution < -0.4 is 4.90 Å². The highest BCUT2D eigenvalue weighted by molar-refractivity contribution is 5.93. The van der Waals surface area contributed by atoms with E-state index in [2.05, 4.69) is 21.8 Å². The Morgan fingerprint density at radius 2 is 1.64 bits per heavy atom. The maximum absolute atomic E-state index is 12.7. The van der Waals surface area contributed by atoms with Crippen molar-refractivity contribution in [1.82, 2.24) is 19.8 Å². The molecule has 8 heteroatoms. The van der Waals surface area contributed by atoms with Gasteiger partial charge in [0.2, 0.25) is 0 Å². The van der Waals surface area contributed by atoms with Crippen LogP contribution in [0.1, 0.15) is 40.8 Å². The van der Waals surface area contributed by atoms with Gasteiger partial charge in [0, 0.05) is 39.3 Å². The molecule has 0 atom stereocenters. The summed E-state index contributed by atoms with van der Waals surface area (Å²) in [5, 5.41) is 0. The summed E-state index contributed by atoms with van der Waals surface area (Å²) in [6, 6.07) is 3.35. The van der Waals surface area contributed by atoms with Crippen LogP contribution in [0, 0.1) is 5.92 Å². The topological polar surface area (TPSA) is 82.8 Å². The Balaban J connectivity index is 1.33. The van der Waals surface area contributed by atoms with E-state index in [1.165, 1.54) is 6.26 Å². The number of hydrogen-bond donors (Lipinski definition) is 0. The molecule has 0 aromatic carbocycles. The van der Waals surface area contributed by atoms with Gasteiger partial charge in [-0.15, -0.1) is 0 Å². The van der Waals surface area contributed by atoms with Gasteiger partial charge in [0.15, 0.2) is 5.76 Å². The Bertz CT molecular complexity index is 805. The highest BCUT2D eigenvalue weighted by Crippen LogP contribution is 2.21. The first-order valence-corrected chi connectivity index (χ1v) is 9.81. The number of aromatic nitrogens is 2. The third-order valence-corrected chi connectivity index (χ3v) is 5.55. The predicted molar refractivity (Wildman–Crippen MR) is 103 cm³/mol. The summed E-state index contributed by atoms with van der Waals surface area (Å²) in [5.41, 5.74) is 0.347. The summed E-state index contributed by atoms with van der Waals surface area (Å²) in [5.74, 6) is 1.63. The van der Waals surface area contributed by atoms with Crippen molar-refractivity contribution >= 4 is 17.6 Å². The lowest BCUT2D eigenvalue weighted by Gasteiger charge is -2.34. The number of rotatable bonds is 3. The monoisotopic (exact) mass is 383 g/mol. The fourth-order valence-electron chi connectivity index (χ4n) is 3.66. The number of amides is 2. The van der Waals surface area contributed by atoms with Gasteiger partial charge in [0.25, 0.3) is 11.8 Å². The molecule has 2 amide bonds. The van der Waals surface area contributed by atoms with E-state index in [1.54, 1.807) is 34.3 Å². The van der Waals surface area contributed by atoms with Crippen molar-refractivity contribution in [3.05, 3.63) is 42.2 Å². The molecule has 8 nitrogen and oxygen atoms in total. The first-order chi connectivity index (χ1) is 13.6. The van der Waals surface area contributed by atoms with Crippen molar-refractivity contribution in [1.29, 1.82) is 0 Å². The standard InChI is InChI=1S/C20H25N5O3/c1-15-4-6-23(7-5-15)18-14-21-16(13-22-18)19(26)24-8-10-25(11-9-24)20(27)17-3-2-12-28-17/h2-3,12-15H,4-11H2,1H3. The molecule has 2 aliphatic heterocycles. The van der Waals surface area contributed by atoms with E-state index < -0.39 is 0 Å². The number of carbonyl (C=O) groups is 2. The maximum Gasteiger partial charge on any atom is 0.289 e. The lowest BCUT2D eigenvalue weighted by atomic mass is 9.99. The number of furan rings is 1. The molecule has 0 saturated carbocycles. The van der Waals surface area contributed by atoms with Gasteiger partial charge in [-0.1, -0.05) is 6.92 Å². The second-order valence-corrected chi connectivity index (χ2v) is 7.49. The number of hydrogen-bond acceptors (Lipinski definition) is 6. The van der Waals surface area contributed by atoms with Crippen LogP contribution in [0.5, 0.6) is 0 Å². The molecular formula is C20H25N5O3. The fourth-order valence-corrected chi connectivity index (χ4v) is 3.66. The van der Waals surface area contributed by atoms with Crippen LogP contribution >= 0.6 is 0 Å². The van der Waals surface area contributed by atoms with E-state index in [0.717, 1.165) is 37.7 Å². The molecule has 4 rings (SSSR count). The molecule has 28 heavy (non-hydrogen) atoms. The molecule has 0 spiro atoms. The summed E-state index contributed by atoms with van der Waals surface area (Å²) in [4.78, 5) is 39.5. The molecule has 2 fully saturated rings. The van der Waals surface area contributed by atoms with Crippen LogP contribution in [0.25, 0.3) is 0 Å². The lowest BCUT2D eigenvalue weighted by molar-refractivity contribution is 0.0515. The molecule has 2 aromatic heterocycles. The average Bonchev–Trinajstić information content (AvgIpc) is 3.28. The molecule has 2 saturated heterocycles. The molecule has 0 N–H and O–H groups in total. The van der Waals surface area contributed by atoms with Crippen molar-refractivity contribution in [3.8, 4) is 0 Å². The quantitative estimate of drug-likeness (QED) is 0.805. The molecular weight excluding hydrogens is 358 g/mol. The summed E-state index contributed by atoms with van der Waals surface area (Å²) in [6.45, 7) is 6.12. The predicted octanol–water partition coefficient (Wildman–Crippen LogP) is 1.90. The number of nitrogens with zero attached hydrogens (tertiary/aromatic N) is 5. The van der Waals surface area contributed by atoms with Crippen molar-refractivity contribution in [2.24, 2.45) is 5.92 Å². The minimum absolute atomic E-state index is 0.142. The second kappa shape index (κ2) is 8.00. The van der Waals surface area contributed by atoms with Gasteiger partial charge in [-0.25, -0.2) is 9.97 Å². The lowest BCUT2D eigenvalue weighted by Crippen LogP contribution is -2.50.